The highest BCUT2D eigenvalue weighted by atomic mass is 79.9. The van der Waals surface area contributed by atoms with E-state index in [0.717, 1.165) is 29.7 Å². The van der Waals surface area contributed by atoms with Gasteiger partial charge in [0.1, 0.15) is 5.75 Å². The van der Waals surface area contributed by atoms with Crippen LogP contribution in [0, 0.1) is 0 Å². The Labute approximate surface area is 174 Å². The number of halogens is 1. The molecule has 1 amide bonds. The SMILES string of the molecule is O=C(CCCC(=O)N1CCN(Cc2cccc(O)c2)CC1)c1ccc(Br)cc1. The van der Waals surface area contributed by atoms with Crippen LogP contribution in [0.3, 0.4) is 0 Å². The minimum absolute atomic E-state index is 0.0798. The lowest BCUT2D eigenvalue weighted by Crippen LogP contribution is -2.48. The monoisotopic (exact) mass is 444 g/mol. The first-order chi connectivity index (χ1) is 13.5. The van der Waals surface area contributed by atoms with Crippen molar-refractivity contribution >= 4 is 27.6 Å². The number of nitrogens with zero attached hydrogens (tertiary/aromatic N) is 2. The molecule has 0 atom stereocenters. The summed E-state index contributed by atoms with van der Waals surface area (Å²) in [5, 5.41) is 9.57. The first-order valence-corrected chi connectivity index (χ1v) is 10.4. The highest BCUT2D eigenvalue weighted by Gasteiger charge is 2.21. The number of hydrogen-bond acceptors (Lipinski definition) is 4. The van der Waals surface area contributed by atoms with E-state index < -0.39 is 0 Å². The molecule has 0 aliphatic carbocycles. The van der Waals surface area contributed by atoms with E-state index in [0.29, 0.717) is 37.9 Å². The van der Waals surface area contributed by atoms with E-state index in [2.05, 4.69) is 20.8 Å². The molecule has 1 fully saturated rings. The molecule has 6 heteroatoms. The average Bonchev–Trinajstić information content (AvgIpc) is 2.69. The van der Waals surface area contributed by atoms with Crippen molar-refractivity contribution in [3.8, 4) is 5.75 Å². The number of carbonyl (C=O) groups excluding carboxylic acids is 2. The summed E-state index contributed by atoms with van der Waals surface area (Å²) in [5.41, 5.74) is 1.77. The number of benzene rings is 2. The molecular formula is C22H25BrN2O3. The van der Waals surface area contributed by atoms with Gasteiger partial charge in [0.15, 0.2) is 5.78 Å². The predicted molar refractivity (Wildman–Crippen MR) is 112 cm³/mol. The Balaban J connectivity index is 1.38. The van der Waals surface area contributed by atoms with Crippen molar-refractivity contribution in [3.05, 3.63) is 64.1 Å². The Morgan fingerprint density at radius 2 is 1.68 bits per heavy atom. The van der Waals surface area contributed by atoms with Gasteiger partial charge in [0.25, 0.3) is 0 Å². The zero-order valence-corrected chi connectivity index (χ0v) is 17.4. The largest absolute Gasteiger partial charge is 0.508 e. The summed E-state index contributed by atoms with van der Waals surface area (Å²) < 4.78 is 0.947. The first-order valence-electron chi connectivity index (χ1n) is 9.58. The van der Waals surface area contributed by atoms with Gasteiger partial charge in [-0.25, -0.2) is 0 Å². The number of piperazine rings is 1. The number of ketones is 1. The first kappa shape index (κ1) is 20.6. The maximum Gasteiger partial charge on any atom is 0.222 e. The van der Waals surface area contributed by atoms with Crippen LogP contribution < -0.4 is 0 Å². The van der Waals surface area contributed by atoms with Gasteiger partial charge in [0.2, 0.25) is 5.91 Å². The van der Waals surface area contributed by atoms with E-state index in [-0.39, 0.29) is 17.4 Å². The Kier molecular flexibility index (Phi) is 7.23. The fraction of sp³-hybridized carbons (Fsp3) is 0.364. The van der Waals surface area contributed by atoms with E-state index in [1.165, 1.54) is 0 Å². The van der Waals surface area contributed by atoms with Gasteiger partial charge in [0, 0.05) is 55.6 Å². The minimum Gasteiger partial charge on any atom is -0.508 e. The van der Waals surface area contributed by atoms with E-state index in [1.54, 1.807) is 24.3 Å². The van der Waals surface area contributed by atoms with Crippen molar-refractivity contribution in [1.82, 2.24) is 9.80 Å². The van der Waals surface area contributed by atoms with Gasteiger partial charge < -0.3 is 10.0 Å². The molecule has 0 aromatic heterocycles. The van der Waals surface area contributed by atoms with Crippen LogP contribution in [0.25, 0.3) is 0 Å². The van der Waals surface area contributed by atoms with Gasteiger partial charge in [0.05, 0.1) is 0 Å². The molecule has 0 radical (unpaired) electrons. The Morgan fingerprint density at radius 3 is 2.36 bits per heavy atom. The maximum absolute atomic E-state index is 12.4. The van der Waals surface area contributed by atoms with E-state index in [4.69, 9.17) is 0 Å². The second-order valence-corrected chi connectivity index (χ2v) is 8.03. The van der Waals surface area contributed by atoms with Crippen LogP contribution in [0.5, 0.6) is 5.75 Å². The van der Waals surface area contributed by atoms with Crippen molar-refractivity contribution in [2.45, 2.75) is 25.8 Å². The van der Waals surface area contributed by atoms with Crippen LogP contribution in [-0.4, -0.2) is 52.8 Å². The summed E-state index contributed by atoms with van der Waals surface area (Å²) in [7, 11) is 0. The van der Waals surface area contributed by atoms with Crippen molar-refractivity contribution < 1.29 is 14.7 Å². The molecule has 5 nitrogen and oxygen atoms in total. The Morgan fingerprint density at radius 1 is 0.964 bits per heavy atom. The fourth-order valence-electron chi connectivity index (χ4n) is 3.41. The average molecular weight is 445 g/mol. The summed E-state index contributed by atoms with van der Waals surface area (Å²) in [4.78, 5) is 28.8. The number of phenolic OH excluding ortho intramolecular Hbond substituents is 1. The third kappa shape index (κ3) is 5.91. The van der Waals surface area contributed by atoms with Crippen LogP contribution in [-0.2, 0) is 11.3 Å². The third-order valence-electron chi connectivity index (χ3n) is 5.00. The van der Waals surface area contributed by atoms with Crippen molar-refractivity contribution in [1.29, 1.82) is 0 Å². The molecule has 0 bridgehead atoms. The Hall–Kier alpha value is -2.18. The summed E-state index contributed by atoms with van der Waals surface area (Å²) in [5.74, 6) is 0.487. The molecule has 2 aromatic carbocycles. The number of phenols is 1. The molecule has 3 rings (SSSR count). The van der Waals surface area contributed by atoms with Crippen molar-refractivity contribution in [2.24, 2.45) is 0 Å². The highest BCUT2D eigenvalue weighted by Crippen LogP contribution is 2.16. The summed E-state index contributed by atoms with van der Waals surface area (Å²) in [6, 6.07) is 14.6. The fourth-order valence-corrected chi connectivity index (χ4v) is 3.67. The van der Waals surface area contributed by atoms with Crippen LogP contribution in [0.4, 0.5) is 0 Å². The van der Waals surface area contributed by atoms with Crippen molar-refractivity contribution in [3.63, 3.8) is 0 Å². The number of amides is 1. The standard InChI is InChI=1S/C22H25BrN2O3/c23-19-9-7-18(8-10-19)21(27)5-2-6-22(28)25-13-11-24(12-14-25)16-17-3-1-4-20(26)15-17/h1,3-4,7-10,15,26H,2,5-6,11-14,16H2. The number of carbonyl (C=O) groups is 2. The van der Waals surface area contributed by atoms with Crippen LogP contribution in [0.1, 0.15) is 35.2 Å². The molecule has 1 N–H and O–H groups in total. The zero-order valence-electron chi connectivity index (χ0n) is 15.8. The topological polar surface area (TPSA) is 60.9 Å². The molecule has 1 aliphatic rings. The van der Waals surface area contributed by atoms with E-state index in [9.17, 15) is 14.7 Å². The van der Waals surface area contributed by atoms with Crippen LogP contribution in [0.2, 0.25) is 0 Å². The predicted octanol–water partition coefficient (Wildman–Crippen LogP) is 3.85. The molecule has 1 aliphatic heterocycles. The normalized spacial score (nSPS) is 14.8. The zero-order chi connectivity index (χ0) is 19.9. The lowest BCUT2D eigenvalue weighted by Gasteiger charge is -2.34. The summed E-state index contributed by atoms with van der Waals surface area (Å²) >= 11 is 3.36. The molecule has 28 heavy (non-hydrogen) atoms. The van der Waals surface area contributed by atoms with Gasteiger partial charge in [-0.2, -0.15) is 0 Å². The quantitative estimate of drug-likeness (QED) is 0.658. The van der Waals surface area contributed by atoms with E-state index >= 15 is 0 Å². The summed E-state index contributed by atoms with van der Waals surface area (Å²) in [6.07, 6.45) is 1.39. The second-order valence-electron chi connectivity index (χ2n) is 7.11. The molecular weight excluding hydrogens is 420 g/mol. The van der Waals surface area contributed by atoms with Crippen molar-refractivity contribution in [2.75, 3.05) is 26.2 Å². The van der Waals surface area contributed by atoms with Gasteiger partial charge in [-0.1, -0.05) is 40.2 Å². The molecule has 1 heterocycles. The molecule has 148 valence electrons. The van der Waals surface area contributed by atoms with Crippen LogP contribution in [0.15, 0.2) is 53.0 Å². The van der Waals surface area contributed by atoms with E-state index in [1.807, 2.05) is 29.2 Å². The summed E-state index contributed by atoms with van der Waals surface area (Å²) in [6.45, 7) is 3.83. The van der Waals surface area contributed by atoms with Gasteiger partial charge in [-0.3, -0.25) is 14.5 Å². The maximum atomic E-state index is 12.4. The molecule has 0 unspecified atom stereocenters. The highest BCUT2D eigenvalue weighted by molar-refractivity contribution is 9.10. The Bertz CT molecular complexity index is 815. The van der Waals surface area contributed by atoms with Gasteiger partial charge in [-0.15, -0.1) is 0 Å². The second kappa shape index (κ2) is 9.85. The molecule has 1 saturated heterocycles. The smallest absolute Gasteiger partial charge is 0.222 e. The molecule has 0 saturated carbocycles. The number of Topliss-reactive ketones (excluding diaryl/α,β-unsaturated/α-hetero) is 1. The van der Waals surface area contributed by atoms with Gasteiger partial charge in [-0.05, 0) is 36.2 Å². The lowest BCUT2D eigenvalue weighted by molar-refractivity contribution is -0.133. The number of rotatable bonds is 7. The minimum atomic E-state index is 0.0798. The number of hydrogen-bond donors (Lipinski definition) is 1. The molecule has 2 aromatic rings. The lowest BCUT2D eigenvalue weighted by atomic mass is 10.1. The van der Waals surface area contributed by atoms with Crippen LogP contribution >= 0.6 is 15.9 Å². The molecule has 0 spiro atoms. The number of aromatic hydroxyl groups is 1. The van der Waals surface area contributed by atoms with Gasteiger partial charge >= 0.3 is 0 Å². The third-order valence-corrected chi connectivity index (χ3v) is 5.53.